The van der Waals surface area contributed by atoms with E-state index in [0.717, 1.165) is 28.0 Å². The summed E-state index contributed by atoms with van der Waals surface area (Å²) >= 11 is 0. The van der Waals surface area contributed by atoms with Gasteiger partial charge in [0.25, 0.3) is 11.4 Å². The van der Waals surface area contributed by atoms with Gasteiger partial charge in [-0.2, -0.15) is 13.2 Å². The number of hydrogen-bond acceptors (Lipinski definition) is 3. The topological polar surface area (TPSA) is 32.8 Å². The lowest BCUT2D eigenvalue weighted by atomic mass is 9.89. The smallest absolute Gasteiger partial charge is 0.361 e. The van der Waals surface area contributed by atoms with Crippen LogP contribution in [-0.2, 0) is 9.53 Å². The molecule has 4 nitrogen and oxygen atoms in total. The highest BCUT2D eigenvalue weighted by Gasteiger charge is 2.67. The Hall–Kier alpha value is -2.31. The minimum atomic E-state index is -5.03. The first-order valence-corrected chi connectivity index (χ1v) is 14.3. The first kappa shape index (κ1) is 24.3. The number of halogens is 4. The fraction of sp³-hybridized carbons (Fsp3) is 0.522. The number of carbonyl (C=O) groups is 1. The molecule has 0 aromatic heterocycles. The number of benzene rings is 1. The largest absolute Gasteiger partial charge is 0.432 e. The zero-order valence-electron chi connectivity index (χ0n) is 18.6. The van der Waals surface area contributed by atoms with Crippen molar-refractivity contribution < 1.29 is 27.1 Å². The number of carbonyl (C=O) groups excluding carboxylic acids is 1. The molecule has 1 saturated carbocycles. The van der Waals surface area contributed by atoms with Gasteiger partial charge in [-0.25, -0.2) is 4.39 Å². The molecule has 174 valence electrons. The molecule has 1 aromatic carbocycles. The number of ether oxygens (including phenoxy) is 1. The number of fused-ring (bicyclic) bond motifs is 1. The number of anilines is 2. The highest BCUT2D eigenvalue weighted by molar-refractivity contribution is 6.76. The monoisotopic (exact) mass is 468 g/mol. The van der Waals surface area contributed by atoms with E-state index >= 15 is 0 Å². The van der Waals surface area contributed by atoms with Gasteiger partial charge < -0.3 is 9.64 Å². The second kappa shape index (κ2) is 8.91. The molecule has 1 heterocycles. The molecule has 0 N–H and O–H groups in total. The van der Waals surface area contributed by atoms with Gasteiger partial charge in [-0.05, 0) is 37.1 Å². The lowest BCUT2D eigenvalue weighted by Gasteiger charge is -2.48. The van der Waals surface area contributed by atoms with Gasteiger partial charge in [-0.3, -0.25) is 9.69 Å². The third-order valence-electron chi connectivity index (χ3n) is 5.45. The van der Waals surface area contributed by atoms with Gasteiger partial charge >= 0.3 is 6.18 Å². The summed E-state index contributed by atoms with van der Waals surface area (Å²) in [6, 6.07) is 4.21. The maximum absolute atomic E-state index is 14.6. The quantitative estimate of drug-likeness (QED) is 0.182. The molecule has 0 radical (unpaired) electrons. The van der Waals surface area contributed by atoms with Gasteiger partial charge in [0.15, 0.2) is 0 Å². The number of alkyl halides is 3. The molecule has 0 spiro atoms. The summed E-state index contributed by atoms with van der Waals surface area (Å²) in [6.45, 7) is 9.60. The van der Waals surface area contributed by atoms with E-state index in [1.54, 1.807) is 0 Å². The molecule has 1 amide bonds. The lowest BCUT2D eigenvalue weighted by Crippen LogP contribution is -2.70. The van der Waals surface area contributed by atoms with E-state index in [1.165, 1.54) is 12.1 Å². The summed E-state index contributed by atoms with van der Waals surface area (Å²) in [5.41, 5.74) is -3.06. The Morgan fingerprint density at radius 1 is 1.28 bits per heavy atom. The van der Waals surface area contributed by atoms with Crippen molar-refractivity contribution in [3.05, 3.63) is 36.7 Å². The van der Waals surface area contributed by atoms with E-state index in [9.17, 15) is 22.4 Å². The van der Waals surface area contributed by atoms with Gasteiger partial charge in [0, 0.05) is 27.1 Å². The Kier molecular flexibility index (Phi) is 6.77. The molecule has 1 aromatic rings. The second-order valence-electron chi connectivity index (χ2n) is 9.37. The van der Waals surface area contributed by atoms with Crippen LogP contribution < -0.4 is 9.80 Å². The van der Waals surface area contributed by atoms with E-state index in [-0.39, 0.29) is 30.6 Å². The van der Waals surface area contributed by atoms with Crippen molar-refractivity contribution in [2.24, 2.45) is 5.92 Å². The molecule has 1 unspecified atom stereocenters. The van der Waals surface area contributed by atoms with E-state index in [4.69, 9.17) is 4.74 Å². The van der Waals surface area contributed by atoms with Crippen LogP contribution in [0.3, 0.4) is 0 Å². The number of amides is 1. The SMILES string of the molecule is C=CCN1c2cc(F)ccc2N(COCC[Si](C)(C)C)C(=O)C1(C#CC1CC1)C(F)(F)F. The predicted molar refractivity (Wildman–Crippen MR) is 120 cm³/mol. The molecular weight excluding hydrogens is 440 g/mol. The van der Waals surface area contributed by atoms with Crippen molar-refractivity contribution in [3.8, 4) is 11.8 Å². The summed E-state index contributed by atoms with van der Waals surface area (Å²) in [6.07, 6.45) is -2.38. The number of rotatable bonds is 7. The molecule has 1 aliphatic heterocycles. The van der Waals surface area contributed by atoms with Gasteiger partial charge in [-0.15, -0.1) is 6.58 Å². The Balaban J connectivity index is 2.10. The average molecular weight is 469 g/mol. The van der Waals surface area contributed by atoms with Crippen LogP contribution in [0.5, 0.6) is 0 Å². The van der Waals surface area contributed by atoms with Crippen LogP contribution >= 0.6 is 0 Å². The lowest BCUT2D eigenvalue weighted by molar-refractivity contribution is -0.178. The molecular formula is C23H28F4N2O2Si. The second-order valence-corrected chi connectivity index (χ2v) is 15.0. The molecule has 0 bridgehead atoms. The molecule has 1 atom stereocenters. The molecule has 9 heteroatoms. The molecule has 32 heavy (non-hydrogen) atoms. The van der Waals surface area contributed by atoms with Crippen molar-refractivity contribution in [2.45, 2.75) is 50.2 Å². The zero-order chi connectivity index (χ0) is 23.7. The van der Waals surface area contributed by atoms with Crippen LogP contribution in [0.15, 0.2) is 30.9 Å². The van der Waals surface area contributed by atoms with E-state index in [2.05, 4.69) is 38.1 Å². The van der Waals surface area contributed by atoms with E-state index in [0.29, 0.717) is 19.4 Å². The summed E-state index contributed by atoms with van der Waals surface area (Å²) in [4.78, 5) is 15.3. The summed E-state index contributed by atoms with van der Waals surface area (Å²) in [5.74, 6) is 2.77. The van der Waals surface area contributed by atoms with Crippen molar-refractivity contribution >= 4 is 25.4 Å². The van der Waals surface area contributed by atoms with Gasteiger partial charge in [0.05, 0.1) is 11.4 Å². The molecule has 1 aliphatic carbocycles. The van der Waals surface area contributed by atoms with Crippen molar-refractivity contribution in [1.29, 1.82) is 0 Å². The summed E-state index contributed by atoms with van der Waals surface area (Å²) in [5, 5.41) is 0. The van der Waals surface area contributed by atoms with E-state index in [1.807, 2.05) is 0 Å². The normalized spacial score (nSPS) is 21.2. The maximum atomic E-state index is 14.6. The van der Waals surface area contributed by atoms with Crippen molar-refractivity contribution in [3.63, 3.8) is 0 Å². The first-order chi connectivity index (χ1) is 14.9. The molecule has 2 aliphatic rings. The van der Waals surface area contributed by atoms with Crippen molar-refractivity contribution in [2.75, 3.05) is 29.7 Å². The summed E-state index contributed by atoms with van der Waals surface area (Å²) in [7, 11) is -1.44. The minimum Gasteiger partial charge on any atom is -0.361 e. The standard InChI is InChI=1S/C23H28F4N2O2Si/c1-5-12-29-20-15-18(24)8-9-19(20)28(16-31-13-14-32(2,3)4)21(30)22(29,23(25,26)27)11-10-17-6-7-17/h5,8-9,15,17H,1,6-7,12-14,16H2,2-4H3. The first-order valence-electron chi connectivity index (χ1n) is 10.6. The summed E-state index contributed by atoms with van der Waals surface area (Å²) < 4.78 is 63.7. The van der Waals surface area contributed by atoms with Crippen LogP contribution in [0.2, 0.25) is 25.7 Å². The predicted octanol–water partition coefficient (Wildman–Crippen LogP) is 5.19. The molecule has 1 fully saturated rings. The molecule has 0 saturated heterocycles. The Morgan fingerprint density at radius 2 is 1.97 bits per heavy atom. The zero-order valence-corrected chi connectivity index (χ0v) is 19.6. The van der Waals surface area contributed by atoms with Crippen molar-refractivity contribution in [1.82, 2.24) is 0 Å². The maximum Gasteiger partial charge on any atom is 0.432 e. The average Bonchev–Trinajstić information content (AvgIpc) is 3.50. The van der Waals surface area contributed by atoms with Gasteiger partial charge in [-0.1, -0.05) is 37.6 Å². The van der Waals surface area contributed by atoms with Gasteiger partial charge in [0.1, 0.15) is 12.5 Å². The fourth-order valence-electron chi connectivity index (χ4n) is 3.47. The van der Waals surface area contributed by atoms with E-state index < -0.39 is 31.5 Å². The fourth-order valence-corrected chi connectivity index (χ4v) is 4.23. The van der Waals surface area contributed by atoms with Crippen LogP contribution in [0.25, 0.3) is 0 Å². The van der Waals surface area contributed by atoms with Crippen LogP contribution in [0.1, 0.15) is 12.8 Å². The van der Waals surface area contributed by atoms with Crippen LogP contribution in [0, 0.1) is 23.6 Å². The van der Waals surface area contributed by atoms with Crippen LogP contribution in [0.4, 0.5) is 28.9 Å². The minimum absolute atomic E-state index is 0.0688. The number of nitrogens with zero attached hydrogens (tertiary/aromatic N) is 2. The Bertz CT molecular complexity index is 944. The number of hydrogen-bond donors (Lipinski definition) is 0. The highest BCUT2D eigenvalue weighted by Crippen LogP contribution is 2.48. The highest BCUT2D eigenvalue weighted by atomic mass is 28.3. The third kappa shape index (κ3) is 4.86. The Morgan fingerprint density at radius 3 is 2.53 bits per heavy atom. The third-order valence-corrected chi connectivity index (χ3v) is 7.16. The molecule has 3 rings (SSSR count). The Labute approximate surface area is 187 Å². The van der Waals surface area contributed by atoms with Gasteiger partial charge in [0.2, 0.25) is 0 Å². The van der Waals surface area contributed by atoms with Crippen LogP contribution in [-0.4, -0.2) is 45.6 Å².